The Morgan fingerprint density at radius 2 is 1.91 bits per heavy atom. The Hall–Kier alpha value is -1.95. The fraction of sp³-hybridized carbons (Fsp3) is 0.438. The smallest absolute Gasteiger partial charge is 0.255 e. The highest BCUT2D eigenvalue weighted by molar-refractivity contribution is 7.10. The van der Waals surface area contributed by atoms with Crippen LogP contribution in [0.3, 0.4) is 0 Å². The van der Waals surface area contributed by atoms with Crippen LogP contribution in [0.1, 0.15) is 27.7 Å². The molecule has 0 radical (unpaired) electrons. The third-order valence-corrected chi connectivity index (χ3v) is 5.04. The SMILES string of the molecule is CCc1c(C(=O)N2CCN(c3ncccn3)CC2)csc1C. The van der Waals surface area contributed by atoms with E-state index in [9.17, 15) is 4.79 Å². The summed E-state index contributed by atoms with van der Waals surface area (Å²) in [6.07, 6.45) is 4.41. The number of hydrogen-bond acceptors (Lipinski definition) is 5. The van der Waals surface area contributed by atoms with Crippen molar-refractivity contribution in [2.45, 2.75) is 20.3 Å². The maximum atomic E-state index is 12.7. The molecule has 5 nitrogen and oxygen atoms in total. The number of anilines is 1. The van der Waals surface area contributed by atoms with E-state index < -0.39 is 0 Å². The van der Waals surface area contributed by atoms with E-state index in [0.717, 1.165) is 44.1 Å². The molecule has 0 spiro atoms. The standard InChI is InChI=1S/C16H20N4OS/c1-3-13-12(2)22-11-14(13)15(21)19-7-9-20(10-8-19)16-17-5-4-6-18-16/h4-6,11H,3,7-10H2,1-2H3. The Labute approximate surface area is 134 Å². The molecule has 0 unspecified atom stereocenters. The van der Waals surface area contributed by atoms with Crippen LogP contribution in [0.15, 0.2) is 23.8 Å². The number of rotatable bonds is 3. The van der Waals surface area contributed by atoms with E-state index >= 15 is 0 Å². The number of thiophene rings is 1. The van der Waals surface area contributed by atoms with Gasteiger partial charge in [-0.05, 0) is 25.0 Å². The molecule has 0 atom stereocenters. The highest BCUT2D eigenvalue weighted by Gasteiger charge is 2.25. The topological polar surface area (TPSA) is 49.3 Å². The van der Waals surface area contributed by atoms with Gasteiger partial charge in [0, 0.05) is 48.8 Å². The van der Waals surface area contributed by atoms with Gasteiger partial charge in [-0.25, -0.2) is 9.97 Å². The van der Waals surface area contributed by atoms with E-state index in [2.05, 4.69) is 28.7 Å². The third-order valence-electron chi connectivity index (χ3n) is 4.09. The molecule has 3 heterocycles. The van der Waals surface area contributed by atoms with Gasteiger partial charge in [-0.3, -0.25) is 4.79 Å². The monoisotopic (exact) mass is 316 g/mol. The molecule has 116 valence electrons. The van der Waals surface area contributed by atoms with Gasteiger partial charge in [0.1, 0.15) is 0 Å². The minimum absolute atomic E-state index is 0.162. The van der Waals surface area contributed by atoms with Crippen molar-refractivity contribution in [2.24, 2.45) is 0 Å². The summed E-state index contributed by atoms with van der Waals surface area (Å²) in [6, 6.07) is 1.81. The highest BCUT2D eigenvalue weighted by atomic mass is 32.1. The lowest BCUT2D eigenvalue weighted by Gasteiger charge is -2.34. The van der Waals surface area contributed by atoms with Crippen LogP contribution in [0.2, 0.25) is 0 Å². The van der Waals surface area contributed by atoms with Crippen molar-refractivity contribution in [1.29, 1.82) is 0 Å². The van der Waals surface area contributed by atoms with Crippen LogP contribution in [0.4, 0.5) is 5.95 Å². The van der Waals surface area contributed by atoms with Crippen molar-refractivity contribution in [3.63, 3.8) is 0 Å². The average molecular weight is 316 g/mol. The molecule has 1 aliphatic heterocycles. The van der Waals surface area contributed by atoms with Crippen LogP contribution in [-0.2, 0) is 6.42 Å². The number of carbonyl (C=O) groups excluding carboxylic acids is 1. The molecule has 22 heavy (non-hydrogen) atoms. The van der Waals surface area contributed by atoms with E-state index in [1.807, 2.05) is 16.3 Å². The number of aryl methyl sites for hydroxylation is 1. The molecule has 2 aromatic rings. The van der Waals surface area contributed by atoms with Crippen molar-refractivity contribution < 1.29 is 4.79 Å². The second kappa shape index (κ2) is 6.44. The Morgan fingerprint density at radius 1 is 1.23 bits per heavy atom. The molecule has 0 aromatic carbocycles. The molecule has 0 saturated carbocycles. The second-order valence-corrected chi connectivity index (χ2v) is 6.45. The van der Waals surface area contributed by atoms with Gasteiger partial charge in [-0.2, -0.15) is 0 Å². The van der Waals surface area contributed by atoms with E-state index in [1.165, 1.54) is 10.4 Å². The lowest BCUT2D eigenvalue weighted by molar-refractivity contribution is 0.0745. The Balaban J connectivity index is 1.67. The number of aromatic nitrogens is 2. The van der Waals surface area contributed by atoms with Gasteiger partial charge in [-0.1, -0.05) is 6.92 Å². The van der Waals surface area contributed by atoms with E-state index in [4.69, 9.17) is 0 Å². The molecule has 1 aliphatic rings. The summed E-state index contributed by atoms with van der Waals surface area (Å²) < 4.78 is 0. The van der Waals surface area contributed by atoms with Crippen LogP contribution in [-0.4, -0.2) is 47.0 Å². The summed E-state index contributed by atoms with van der Waals surface area (Å²) in [5.41, 5.74) is 2.08. The van der Waals surface area contributed by atoms with Gasteiger partial charge in [-0.15, -0.1) is 11.3 Å². The predicted molar refractivity (Wildman–Crippen MR) is 88.6 cm³/mol. The zero-order valence-electron chi connectivity index (χ0n) is 13.0. The largest absolute Gasteiger partial charge is 0.337 e. The number of hydrogen-bond donors (Lipinski definition) is 0. The lowest BCUT2D eigenvalue weighted by Crippen LogP contribution is -2.49. The Bertz CT molecular complexity index is 647. The summed E-state index contributed by atoms with van der Waals surface area (Å²) in [7, 11) is 0. The third kappa shape index (κ3) is 2.83. The molecule has 2 aromatic heterocycles. The fourth-order valence-corrected chi connectivity index (χ4v) is 3.77. The molecule has 1 amide bonds. The molecule has 6 heteroatoms. The first-order chi connectivity index (χ1) is 10.7. The Morgan fingerprint density at radius 3 is 2.55 bits per heavy atom. The molecule has 1 fully saturated rings. The number of carbonyl (C=O) groups is 1. The molecule has 0 aliphatic carbocycles. The zero-order chi connectivity index (χ0) is 15.5. The van der Waals surface area contributed by atoms with Gasteiger partial charge >= 0.3 is 0 Å². The summed E-state index contributed by atoms with van der Waals surface area (Å²) in [5, 5.41) is 2.00. The number of piperazine rings is 1. The summed E-state index contributed by atoms with van der Waals surface area (Å²) >= 11 is 1.67. The van der Waals surface area contributed by atoms with Crippen LogP contribution < -0.4 is 4.90 Å². The van der Waals surface area contributed by atoms with E-state index in [-0.39, 0.29) is 5.91 Å². The first-order valence-electron chi connectivity index (χ1n) is 7.59. The van der Waals surface area contributed by atoms with Crippen LogP contribution in [0.5, 0.6) is 0 Å². The summed E-state index contributed by atoms with van der Waals surface area (Å²) in [6.45, 7) is 7.19. The summed E-state index contributed by atoms with van der Waals surface area (Å²) in [4.78, 5) is 26.6. The van der Waals surface area contributed by atoms with Crippen molar-refractivity contribution in [2.75, 3.05) is 31.1 Å². The minimum Gasteiger partial charge on any atom is -0.337 e. The molecular formula is C16H20N4OS. The van der Waals surface area contributed by atoms with E-state index in [1.54, 1.807) is 23.7 Å². The zero-order valence-corrected chi connectivity index (χ0v) is 13.8. The molecule has 0 N–H and O–H groups in total. The molecule has 0 bridgehead atoms. The van der Waals surface area contributed by atoms with Crippen LogP contribution in [0, 0.1) is 6.92 Å². The second-order valence-electron chi connectivity index (χ2n) is 5.37. The highest BCUT2D eigenvalue weighted by Crippen LogP contribution is 2.24. The van der Waals surface area contributed by atoms with E-state index in [0.29, 0.717) is 0 Å². The van der Waals surface area contributed by atoms with Crippen LogP contribution >= 0.6 is 11.3 Å². The maximum absolute atomic E-state index is 12.7. The lowest BCUT2D eigenvalue weighted by atomic mass is 10.1. The number of nitrogens with zero attached hydrogens (tertiary/aromatic N) is 4. The normalized spacial score (nSPS) is 15.2. The first-order valence-corrected chi connectivity index (χ1v) is 8.47. The fourth-order valence-electron chi connectivity index (χ4n) is 2.83. The van der Waals surface area contributed by atoms with Crippen molar-refractivity contribution >= 4 is 23.2 Å². The summed E-state index contributed by atoms with van der Waals surface area (Å²) in [5.74, 6) is 0.907. The molecule has 1 saturated heterocycles. The Kier molecular flexibility index (Phi) is 4.38. The van der Waals surface area contributed by atoms with Crippen LogP contribution in [0.25, 0.3) is 0 Å². The first kappa shape index (κ1) is 15.0. The van der Waals surface area contributed by atoms with Gasteiger partial charge in [0.25, 0.3) is 5.91 Å². The average Bonchev–Trinajstić information content (AvgIpc) is 2.96. The van der Waals surface area contributed by atoms with Gasteiger partial charge < -0.3 is 9.80 Å². The minimum atomic E-state index is 0.162. The predicted octanol–water partition coefficient (Wildman–Crippen LogP) is 2.37. The van der Waals surface area contributed by atoms with Gasteiger partial charge in [0.2, 0.25) is 5.95 Å². The van der Waals surface area contributed by atoms with Crippen molar-refractivity contribution in [3.8, 4) is 0 Å². The maximum Gasteiger partial charge on any atom is 0.255 e. The van der Waals surface area contributed by atoms with Crippen molar-refractivity contribution in [1.82, 2.24) is 14.9 Å². The van der Waals surface area contributed by atoms with Crippen molar-refractivity contribution in [3.05, 3.63) is 39.8 Å². The van der Waals surface area contributed by atoms with Gasteiger partial charge in [0.05, 0.1) is 5.56 Å². The number of amides is 1. The molecular weight excluding hydrogens is 296 g/mol. The molecule has 3 rings (SSSR count). The quantitative estimate of drug-likeness (QED) is 0.872. The van der Waals surface area contributed by atoms with Gasteiger partial charge in [0.15, 0.2) is 0 Å².